The molecule has 5 nitrogen and oxygen atoms in total. The third-order valence-corrected chi connectivity index (χ3v) is 6.60. The van der Waals surface area contributed by atoms with E-state index in [-0.39, 0.29) is 5.91 Å². The molecule has 1 amide bonds. The second-order valence-electron chi connectivity index (χ2n) is 8.69. The predicted molar refractivity (Wildman–Crippen MR) is 132 cm³/mol. The largest absolute Gasteiger partial charge is 0.354 e. The first-order chi connectivity index (χ1) is 15.7. The number of carbonyl (C=O) groups is 1. The normalized spacial score (nSPS) is 14.8. The Labute approximate surface area is 191 Å². The van der Waals surface area contributed by atoms with Crippen LogP contribution in [0.2, 0.25) is 0 Å². The number of para-hydroxylation sites is 1. The molecule has 1 aromatic heterocycles. The van der Waals surface area contributed by atoms with Gasteiger partial charge in [-0.2, -0.15) is 0 Å². The predicted octanol–water partition coefficient (Wildman–Crippen LogP) is 4.72. The molecule has 4 rings (SSSR count). The van der Waals surface area contributed by atoms with Crippen molar-refractivity contribution < 1.29 is 4.79 Å². The minimum Gasteiger partial charge on any atom is -0.354 e. The van der Waals surface area contributed by atoms with E-state index in [9.17, 15) is 4.79 Å². The quantitative estimate of drug-likeness (QED) is 0.562. The third-order valence-electron chi connectivity index (χ3n) is 6.60. The highest BCUT2D eigenvalue weighted by molar-refractivity contribution is 6.07. The number of nitrogens with one attached hydrogen (secondary N) is 1. The molecule has 1 saturated heterocycles. The number of hydrogen-bond acceptors (Lipinski definition) is 4. The standard InChI is InChI=1S/C27H34N4O/c1-3-21(4-2)19-28-27(32)24-18-26(29-25-13-9-8-12-23(24)25)31-16-14-30(15-17-31)20-22-10-6-5-7-11-22/h5-13,18,21H,3-4,14-17,19-20H2,1-2H3,(H,28,32). The monoisotopic (exact) mass is 430 g/mol. The summed E-state index contributed by atoms with van der Waals surface area (Å²) in [4.78, 5) is 22.8. The van der Waals surface area contributed by atoms with Gasteiger partial charge in [0, 0.05) is 44.7 Å². The van der Waals surface area contributed by atoms with Gasteiger partial charge in [-0.05, 0) is 23.6 Å². The first kappa shape index (κ1) is 22.3. The van der Waals surface area contributed by atoms with Crippen LogP contribution in [0.15, 0.2) is 60.7 Å². The van der Waals surface area contributed by atoms with Gasteiger partial charge in [-0.25, -0.2) is 4.98 Å². The van der Waals surface area contributed by atoms with Crippen molar-refractivity contribution in [3.63, 3.8) is 0 Å². The summed E-state index contributed by atoms with van der Waals surface area (Å²) in [6.07, 6.45) is 2.15. The lowest BCUT2D eigenvalue weighted by Crippen LogP contribution is -2.46. The Bertz CT molecular complexity index is 1020. The molecule has 3 aromatic rings. The Morgan fingerprint density at radius 1 is 0.969 bits per heavy atom. The maximum atomic E-state index is 13.1. The molecular weight excluding hydrogens is 396 g/mol. The van der Waals surface area contributed by atoms with Gasteiger partial charge >= 0.3 is 0 Å². The van der Waals surface area contributed by atoms with Crippen LogP contribution in [0.3, 0.4) is 0 Å². The molecular formula is C27H34N4O. The van der Waals surface area contributed by atoms with E-state index >= 15 is 0 Å². The molecule has 0 saturated carbocycles. The lowest BCUT2D eigenvalue weighted by Gasteiger charge is -2.35. The van der Waals surface area contributed by atoms with Crippen molar-refractivity contribution in [2.45, 2.75) is 33.2 Å². The molecule has 0 radical (unpaired) electrons. The van der Waals surface area contributed by atoms with Crippen LogP contribution in [0.25, 0.3) is 10.9 Å². The Morgan fingerprint density at radius 2 is 1.66 bits per heavy atom. The molecule has 0 aliphatic carbocycles. The van der Waals surface area contributed by atoms with Crippen LogP contribution in [0, 0.1) is 5.92 Å². The van der Waals surface area contributed by atoms with Crippen molar-refractivity contribution in [3.8, 4) is 0 Å². The molecule has 1 aliphatic heterocycles. The molecule has 0 unspecified atom stereocenters. The van der Waals surface area contributed by atoms with Gasteiger partial charge in [0.1, 0.15) is 5.82 Å². The van der Waals surface area contributed by atoms with Gasteiger partial charge in [0.2, 0.25) is 0 Å². The van der Waals surface area contributed by atoms with Gasteiger partial charge in [-0.15, -0.1) is 0 Å². The fourth-order valence-corrected chi connectivity index (χ4v) is 4.40. The van der Waals surface area contributed by atoms with Crippen molar-refractivity contribution in [2.24, 2.45) is 5.92 Å². The number of amides is 1. The minimum atomic E-state index is -0.000497. The summed E-state index contributed by atoms with van der Waals surface area (Å²) >= 11 is 0. The van der Waals surface area contributed by atoms with E-state index in [1.807, 2.05) is 30.3 Å². The zero-order valence-electron chi connectivity index (χ0n) is 19.3. The highest BCUT2D eigenvalue weighted by atomic mass is 16.1. The minimum absolute atomic E-state index is 0.000497. The van der Waals surface area contributed by atoms with Crippen molar-refractivity contribution in [1.29, 1.82) is 0 Å². The summed E-state index contributed by atoms with van der Waals surface area (Å²) in [5, 5.41) is 4.08. The number of anilines is 1. The lowest BCUT2D eigenvalue weighted by atomic mass is 10.0. The molecule has 1 aliphatic rings. The van der Waals surface area contributed by atoms with Crippen LogP contribution >= 0.6 is 0 Å². The van der Waals surface area contributed by atoms with Gasteiger partial charge in [0.05, 0.1) is 11.1 Å². The number of nitrogens with zero attached hydrogens (tertiary/aromatic N) is 3. The summed E-state index contributed by atoms with van der Waals surface area (Å²) in [6.45, 7) is 9.84. The van der Waals surface area contributed by atoms with Gasteiger partial charge in [0.25, 0.3) is 5.91 Å². The first-order valence-corrected chi connectivity index (χ1v) is 11.9. The van der Waals surface area contributed by atoms with Crippen LogP contribution in [0.1, 0.15) is 42.6 Å². The summed E-state index contributed by atoms with van der Waals surface area (Å²) in [5.41, 5.74) is 2.95. The zero-order chi connectivity index (χ0) is 22.3. The van der Waals surface area contributed by atoms with Gasteiger partial charge in [-0.1, -0.05) is 75.2 Å². The summed E-state index contributed by atoms with van der Waals surface area (Å²) < 4.78 is 0. The van der Waals surface area contributed by atoms with Crippen molar-refractivity contribution >= 4 is 22.6 Å². The number of pyridine rings is 1. The summed E-state index contributed by atoms with van der Waals surface area (Å²) in [7, 11) is 0. The summed E-state index contributed by atoms with van der Waals surface area (Å²) in [5.74, 6) is 1.42. The van der Waals surface area contributed by atoms with Crippen LogP contribution in [0.4, 0.5) is 5.82 Å². The molecule has 168 valence electrons. The molecule has 2 aromatic carbocycles. The van der Waals surface area contributed by atoms with Crippen molar-refractivity contribution in [1.82, 2.24) is 15.2 Å². The van der Waals surface area contributed by atoms with E-state index < -0.39 is 0 Å². The smallest absolute Gasteiger partial charge is 0.252 e. The second kappa shape index (κ2) is 10.6. The lowest BCUT2D eigenvalue weighted by molar-refractivity contribution is 0.0948. The van der Waals surface area contributed by atoms with Crippen molar-refractivity contribution in [3.05, 3.63) is 71.8 Å². The number of carbonyl (C=O) groups excluding carboxylic acids is 1. The molecule has 5 heteroatoms. The summed E-state index contributed by atoms with van der Waals surface area (Å²) in [6, 6.07) is 20.6. The Balaban J connectivity index is 1.49. The Hall–Kier alpha value is -2.92. The van der Waals surface area contributed by atoms with Gasteiger partial charge in [0.15, 0.2) is 0 Å². The third kappa shape index (κ3) is 5.28. The van der Waals surface area contributed by atoms with Crippen LogP contribution in [-0.4, -0.2) is 48.5 Å². The topological polar surface area (TPSA) is 48.5 Å². The second-order valence-corrected chi connectivity index (χ2v) is 8.69. The molecule has 1 fully saturated rings. The highest BCUT2D eigenvalue weighted by Gasteiger charge is 2.21. The van der Waals surface area contributed by atoms with Crippen LogP contribution in [0.5, 0.6) is 0 Å². The van der Waals surface area contributed by atoms with Gasteiger partial charge in [-0.3, -0.25) is 9.69 Å². The van der Waals surface area contributed by atoms with E-state index in [2.05, 4.69) is 59.3 Å². The first-order valence-electron chi connectivity index (χ1n) is 11.9. The van der Waals surface area contributed by atoms with E-state index in [1.54, 1.807) is 0 Å². The number of aromatic nitrogens is 1. The average Bonchev–Trinajstić information content (AvgIpc) is 2.85. The molecule has 32 heavy (non-hydrogen) atoms. The van der Waals surface area contributed by atoms with Gasteiger partial charge < -0.3 is 10.2 Å². The molecule has 0 bridgehead atoms. The number of benzene rings is 2. The fraction of sp³-hybridized carbons (Fsp3) is 0.407. The maximum Gasteiger partial charge on any atom is 0.252 e. The van der Waals surface area contributed by atoms with E-state index in [4.69, 9.17) is 4.98 Å². The fourth-order valence-electron chi connectivity index (χ4n) is 4.40. The van der Waals surface area contributed by atoms with Crippen molar-refractivity contribution in [2.75, 3.05) is 37.6 Å². The zero-order valence-corrected chi connectivity index (χ0v) is 19.3. The molecule has 1 N–H and O–H groups in total. The maximum absolute atomic E-state index is 13.1. The highest BCUT2D eigenvalue weighted by Crippen LogP contribution is 2.24. The SMILES string of the molecule is CCC(CC)CNC(=O)c1cc(N2CCN(Cc3ccccc3)CC2)nc2ccccc12. The number of piperazine rings is 1. The van der Waals surface area contributed by atoms with E-state index in [0.717, 1.165) is 74.4 Å². The van der Waals surface area contributed by atoms with E-state index in [0.29, 0.717) is 5.92 Å². The number of fused-ring (bicyclic) bond motifs is 1. The Kier molecular flexibility index (Phi) is 7.38. The van der Waals surface area contributed by atoms with Crippen LogP contribution in [-0.2, 0) is 6.54 Å². The Morgan fingerprint density at radius 3 is 2.38 bits per heavy atom. The number of rotatable bonds is 8. The van der Waals surface area contributed by atoms with E-state index in [1.165, 1.54) is 5.56 Å². The molecule has 0 spiro atoms. The molecule has 2 heterocycles. The molecule has 0 atom stereocenters. The average molecular weight is 431 g/mol. The number of hydrogen-bond donors (Lipinski definition) is 1. The van der Waals surface area contributed by atoms with Crippen LogP contribution < -0.4 is 10.2 Å².